The average molecular weight is 299 g/mol. The Morgan fingerprint density at radius 3 is 2.76 bits per heavy atom. The molecule has 0 aliphatic carbocycles. The van der Waals surface area contributed by atoms with E-state index in [0.717, 1.165) is 23.5 Å². The van der Waals surface area contributed by atoms with E-state index in [4.69, 9.17) is 0 Å². The largest absolute Gasteiger partial charge is 0.338 e. The normalized spacial score (nSPS) is 20.2. The predicted molar refractivity (Wildman–Crippen MR) is 73.3 cm³/mol. The van der Waals surface area contributed by atoms with Gasteiger partial charge in [0, 0.05) is 25.0 Å². The van der Waals surface area contributed by atoms with Crippen molar-refractivity contribution >= 4 is 21.9 Å². The van der Waals surface area contributed by atoms with E-state index < -0.39 is 0 Å². The zero-order valence-corrected chi connectivity index (χ0v) is 12.0. The third-order valence-electron chi connectivity index (χ3n) is 3.15. The van der Waals surface area contributed by atoms with Gasteiger partial charge in [-0.15, -0.1) is 0 Å². The molecule has 1 atom stereocenters. The molecule has 1 fully saturated rings. The van der Waals surface area contributed by atoms with Gasteiger partial charge in [-0.2, -0.15) is 0 Å². The lowest BCUT2D eigenvalue weighted by molar-refractivity contribution is 0.379. The molecule has 2 heterocycles. The second-order valence-electron chi connectivity index (χ2n) is 4.78. The van der Waals surface area contributed by atoms with Crippen LogP contribution in [0, 0.1) is 0 Å². The Morgan fingerprint density at radius 1 is 1.41 bits per heavy atom. The first-order valence-electron chi connectivity index (χ1n) is 6.06. The minimum atomic E-state index is 0.596. The maximum atomic E-state index is 4.39. The van der Waals surface area contributed by atoms with Crippen molar-refractivity contribution in [2.75, 3.05) is 32.1 Å². The van der Waals surface area contributed by atoms with Gasteiger partial charge in [0.2, 0.25) is 5.95 Å². The Bertz CT molecular complexity index is 352. The fraction of sp³-hybridized carbons (Fsp3) is 0.667. The van der Waals surface area contributed by atoms with E-state index in [-0.39, 0.29) is 0 Å². The van der Waals surface area contributed by atoms with E-state index >= 15 is 0 Å². The highest BCUT2D eigenvalue weighted by molar-refractivity contribution is 9.10. The molecular formula is C12H19BrN4. The van der Waals surface area contributed by atoms with Gasteiger partial charge in [-0.1, -0.05) is 0 Å². The van der Waals surface area contributed by atoms with Crippen molar-refractivity contribution < 1.29 is 0 Å². The molecule has 1 aromatic rings. The van der Waals surface area contributed by atoms with Crippen LogP contribution in [0.15, 0.2) is 16.9 Å². The molecule has 0 aromatic carbocycles. The first-order valence-corrected chi connectivity index (χ1v) is 6.85. The van der Waals surface area contributed by atoms with E-state index in [9.17, 15) is 0 Å². The highest BCUT2D eigenvalue weighted by atomic mass is 79.9. The van der Waals surface area contributed by atoms with Crippen LogP contribution in [0.2, 0.25) is 0 Å². The molecule has 1 aromatic heterocycles. The van der Waals surface area contributed by atoms with Crippen LogP contribution < -0.4 is 4.90 Å². The first kappa shape index (κ1) is 12.8. The van der Waals surface area contributed by atoms with Crippen molar-refractivity contribution in [3.05, 3.63) is 16.9 Å². The van der Waals surface area contributed by atoms with Gasteiger partial charge in [0.05, 0.1) is 4.47 Å². The number of nitrogens with zero attached hydrogens (tertiary/aromatic N) is 4. The molecule has 0 saturated carbocycles. The van der Waals surface area contributed by atoms with Crippen LogP contribution in [0.1, 0.15) is 19.3 Å². The molecule has 0 N–H and O–H groups in total. The van der Waals surface area contributed by atoms with E-state index in [1.165, 1.54) is 19.3 Å². The lowest BCUT2D eigenvalue weighted by Crippen LogP contribution is -2.33. The molecule has 1 unspecified atom stereocenters. The van der Waals surface area contributed by atoms with Crippen molar-refractivity contribution in [1.82, 2.24) is 14.9 Å². The number of anilines is 1. The molecule has 0 bridgehead atoms. The van der Waals surface area contributed by atoms with Crippen molar-refractivity contribution in [2.24, 2.45) is 0 Å². The molecule has 1 aliphatic heterocycles. The van der Waals surface area contributed by atoms with Crippen molar-refractivity contribution in [3.8, 4) is 0 Å². The summed E-state index contributed by atoms with van der Waals surface area (Å²) >= 11 is 3.37. The Balaban J connectivity index is 2.01. The molecule has 4 nitrogen and oxygen atoms in total. The molecule has 0 spiro atoms. The lowest BCUT2D eigenvalue weighted by atomic mass is 10.1. The zero-order chi connectivity index (χ0) is 12.3. The Hall–Kier alpha value is -0.680. The maximum absolute atomic E-state index is 4.39. The van der Waals surface area contributed by atoms with Gasteiger partial charge in [-0.05, 0) is 55.8 Å². The SMILES string of the molecule is CN(C)CCC1CCCN1c1ncc(Br)cn1. The summed E-state index contributed by atoms with van der Waals surface area (Å²) in [4.78, 5) is 13.4. The summed E-state index contributed by atoms with van der Waals surface area (Å²) in [5.74, 6) is 0.870. The molecule has 1 aliphatic rings. The van der Waals surface area contributed by atoms with Gasteiger partial charge in [0.1, 0.15) is 0 Å². The van der Waals surface area contributed by atoms with Crippen LogP contribution in [-0.2, 0) is 0 Å². The second kappa shape index (κ2) is 5.78. The van der Waals surface area contributed by atoms with Crippen LogP contribution in [0.4, 0.5) is 5.95 Å². The Kier molecular flexibility index (Phi) is 4.34. The predicted octanol–water partition coefficient (Wildman–Crippen LogP) is 2.16. The van der Waals surface area contributed by atoms with Crippen LogP contribution >= 0.6 is 15.9 Å². The highest BCUT2D eigenvalue weighted by Gasteiger charge is 2.26. The smallest absolute Gasteiger partial charge is 0.225 e. The highest BCUT2D eigenvalue weighted by Crippen LogP contribution is 2.24. The van der Waals surface area contributed by atoms with Gasteiger partial charge in [-0.3, -0.25) is 0 Å². The molecule has 2 rings (SSSR count). The van der Waals surface area contributed by atoms with Crippen LogP contribution in [0.5, 0.6) is 0 Å². The summed E-state index contributed by atoms with van der Waals surface area (Å²) in [7, 11) is 4.24. The molecule has 5 heteroatoms. The lowest BCUT2D eigenvalue weighted by Gasteiger charge is -2.25. The zero-order valence-electron chi connectivity index (χ0n) is 10.4. The van der Waals surface area contributed by atoms with Crippen molar-refractivity contribution in [3.63, 3.8) is 0 Å². The summed E-state index contributed by atoms with van der Waals surface area (Å²) in [6.07, 6.45) is 7.34. The summed E-state index contributed by atoms with van der Waals surface area (Å²) in [6, 6.07) is 0.596. The van der Waals surface area contributed by atoms with Gasteiger partial charge in [0.25, 0.3) is 0 Å². The monoisotopic (exact) mass is 298 g/mol. The summed E-state index contributed by atoms with van der Waals surface area (Å²) in [6.45, 7) is 2.21. The minimum absolute atomic E-state index is 0.596. The Labute approximate surface area is 111 Å². The minimum Gasteiger partial charge on any atom is -0.338 e. The summed E-state index contributed by atoms with van der Waals surface area (Å²) in [5.41, 5.74) is 0. The number of hydrogen-bond donors (Lipinski definition) is 0. The van der Waals surface area contributed by atoms with Gasteiger partial charge < -0.3 is 9.80 Å². The van der Waals surface area contributed by atoms with Crippen LogP contribution in [-0.4, -0.2) is 48.1 Å². The van der Waals surface area contributed by atoms with E-state index in [1.807, 2.05) is 12.4 Å². The number of aromatic nitrogens is 2. The first-order chi connectivity index (χ1) is 8.16. The number of hydrogen-bond acceptors (Lipinski definition) is 4. The fourth-order valence-corrected chi connectivity index (χ4v) is 2.46. The standard InChI is InChI=1S/C12H19BrN4/c1-16(2)7-5-11-4-3-6-17(11)12-14-8-10(13)9-15-12/h8-9,11H,3-7H2,1-2H3. The van der Waals surface area contributed by atoms with Gasteiger partial charge in [0.15, 0.2) is 0 Å². The van der Waals surface area contributed by atoms with Crippen LogP contribution in [0.3, 0.4) is 0 Å². The molecular weight excluding hydrogens is 280 g/mol. The average Bonchev–Trinajstić information content (AvgIpc) is 2.75. The molecule has 17 heavy (non-hydrogen) atoms. The second-order valence-corrected chi connectivity index (χ2v) is 5.70. The van der Waals surface area contributed by atoms with Gasteiger partial charge in [-0.25, -0.2) is 9.97 Å². The topological polar surface area (TPSA) is 32.3 Å². The number of rotatable bonds is 4. The van der Waals surface area contributed by atoms with Crippen LogP contribution in [0.25, 0.3) is 0 Å². The van der Waals surface area contributed by atoms with E-state index in [0.29, 0.717) is 6.04 Å². The molecule has 94 valence electrons. The van der Waals surface area contributed by atoms with Gasteiger partial charge >= 0.3 is 0 Å². The third kappa shape index (κ3) is 3.39. The fourth-order valence-electron chi connectivity index (χ4n) is 2.26. The van der Waals surface area contributed by atoms with Crippen molar-refractivity contribution in [2.45, 2.75) is 25.3 Å². The third-order valence-corrected chi connectivity index (χ3v) is 3.56. The van der Waals surface area contributed by atoms with E-state index in [1.54, 1.807) is 0 Å². The molecule has 0 amide bonds. The van der Waals surface area contributed by atoms with Crippen molar-refractivity contribution in [1.29, 1.82) is 0 Å². The maximum Gasteiger partial charge on any atom is 0.225 e. The summed E-state index contributed by atoms with van der Waals surface area (Å²) < 4.78 is 0.935. The summed E-state index contributed by atoms with van der Waals surface area (Å²) in [5, 5.41) is 0. The van der Waals surface area contributed by atoms with E-state index in [2.05, 4.69) is 49.8 Å². The number of halogens is 1. The Morgan fingerprint density at radius 2 is 2.12 bits per heavy atom. The molecule has 0 radical (unpaired) electrons. The quantitative estimate of drug-likeness (QED) is 0.853. The molecule has 1 saturated heterocycles.